The van der Waals surface area contributed by atoms with E-state index in [2.05, 4.69) is 35.2 Å². The third-order valence-electron chi connectivity index (χ3n) is 3.99. The Bertz CT molecular complexity index is 644. The van der Waals surface area contributed by atoms with Gasteiger partial charge in [-0.3, -0.25) is 4.79 Å². The first-order valence-corrected chi connectivity index (χ1v) is 8.61. The van der Waals surface area contributed by atoms with Crippen molar-refractivity contribution < 1.29 is 4.79 Å². The number of thiol groups is 1. The van der Waals surface area contributed by atoms with Gasteiger partial charge in [-0.2, -0.15) is 0 Å². The van der Waals surface area contributed by atoms with Gasteiger partial charge in [-0.05, 0) is 37.8 Å². The van der Waals surface area contributed by atoms with E-state index in [-0.39, 0.29) is 11.4 Å². The van der Waals surface area contributed by atoms with Crippen molar-refractivity contribution in [3.05, 3.63) is 40.6 Å². The van der Waals surface area contributed by atoms with E-state index >= 15 is 0 Å². The zero-order chi connectivity index (χ0) is 17.0. The topological polar surface area (TPSA) is 53.5 Å². The van der Waals surface area contributed by atoms with E-state index in [1.165, 1.54) is 0 Å². The monoisotopic (exact) mass is 331 g/mol. The van der Waals surface area contributed by atoms with Crippen molar-refractivity contribution in [1.82, 2.24) is 5.32 Å². The lowest BCUT2D eigenvalue weighted by Gasteiger charge is -2.25. The fourth-order valence-electron chi connectivity index (χ4n) is 2.85. The zero-order valence-corrected chi connectivity index (χ0v) is 15.1. The normalized spacial score (nSPS) is 17.6. The van der Waals surface area contributed by atoms with Crippen LogP contribution in [0, 0.1) is 13.8 Å². The van der Waals surface area contributed by atoms with Gasteiger partial charge >= 0.3 is 0 Å². The van der Waals surface area contributed by atoms with Crippen molar-refractivity contribution in [2.45, 2.75) is 52.5 Å². The van der Waals surface area contributed by atoms with Crippen LogP contribution in [-0.4, -0.2) is 17.1 Å². The predicted octanol–water partition coefficient (Wildman–Crippen LogP) is 3.96. The number of benzene rings is 1. The fraction of sp³-hybridized carbons (Fsp3) is 0.444. The molecule has 2 N–H and O–H groups in total. The summed E-state index contributed by atoms with van der Waals surface area (Å²) in [5.41, 5.74) is 5.15. The van der Waals surface area contributed by atoms with Crippen LogP contribution in [0.2, 0.25) is 0 Å². The van der Waals surface area contributed by atoms with E-state index in [0.29, 0.717) is 5.71 Å². The Morgan fingerprint density at radius 3 is 2.52 bits per heavy atom. The van der Waals surface area contributed by atoms with Crippen LogP contribution >= 0.6 is 12.6 Å². The first kappa shape index (κ1) is 17.6. The molecule has 1 aromatic carbocycles. The molecule has 1 aromatic rings. The molecule has 1 amide bonds. The van der Waals surface area contributed by atoms with E-state index in [1.54, 1.807) is 0 Å². The average molecular weight is 331 g/mol. The maximum absolute atomic E-state index is 12.8. The molecule has 23 heavy (non-hydrogen) atoms. The number of rotatable bonds is 5. The molecule has 0 aliphatic carbocycles. The second-order valence-corrected chi connectivity index (χ2v) is 6.27. The molecule has 1 heterocycles. The summed E-state index contributed by atoms with van der Waals surface area (Å²) in [6, 6.07) is 5.98. The number of hydrogen-bond acceptors (Lipinski definition) is 4. The van der Waals surface area contributed by atoms with Crippen molar-refractivity contribution in [1.29, 1.82) is 0 Å². The van der Waals surface area contributed by atoms with E-state index in [0.717, 1.165) is 47.3 Å². The summed E-state index contributed by atoms with van der Waals surface area (Å²) < 4.78 is 0. The third kappa shape index (κ3) is 3.96. The summed E-state index contributed by atoms with van der Waals surface area (Å²) >= 11 is 4.40. The maximum atomic E-state index is 12.8. The second kappa shape index (κ2) is 7.68. The minimum absolute atomic E-state index is 0.159. The lowest BCUT2D eigenvalue weighted by Crippen LogP contribution is -2.36. The summed E-state index contributed by atoms with van der Waals surface area (Å²) in [6.07, 6.45) is 2.68. The zero-order valence-electron chi connectivity index (χ0n) is 14.2. The maximum Gasteiger partial charge on any atom is 0.274 e. The molecular formula is C18H25N3OS. The van der Waals surface area contributed by atoms with Crippen LogP contribution in [0.3, 0.4) is 0 Å². The first-order valence-electron chi connectivity index (χ1n) is 8.10. The van der Waals surface area contributed by atoms with Gasteiger partial charge in [0.2, 0.25) is 0 Å². The summed E-state index contributed by atoms with van der Waals surface area (Å²) in [5.74, 6) is -0.159. The van der Waals surface area contributed by atoms with Crippen LogP contribution in [0.4, 0.5) is 5.69 Å². The molecule has 1 unspecified atom stereocenters. The van der Waals surface area contributed by atoms with Gasteiger partial charge in [0.25, 0.3) is 5.91 Å². The van der Waals surface area contributed by atoms with Crippen LogP contribution in [0.15, 0.2) is 34.5 Å². The van der Waals surface area contributed by atoms with Gasteiger partial charge in [-0.1, -0.05) is 38.5 Å². The molecule has 2 rings (SSSR count). The Kier molecular flexibility index (Phi) is 5.88. The standard InChI is InChI=1S/C18H25N3OS/c1-5-8-14-13(6-2)16(21-18(23)19-14)17(22)20-15-11(3)9-7-10-12(15)4/h7,9-10,18-19,23H,5-6,8H2,1-4H3,(H,20,22). The molecule has 0 spiro atoms. The lowest BCUT2D eigenvalue weighted by molar-refractivity contribution is -0.110. The van der Waals surface area contributed by atoms with Crippen LogP contribution < -0.4 is 10.6 Å². The molecule has 1 aliphatic rings. The largest absolute Gasteiger partial charge is 0.359 e. The van der Waals surface area contributed by atoms with E-state index < -0.39 is 0 Å². The van der Waals surface area contributed by atoms with Crippen molar-refractivity contribution in [3.8, 4) is 0 Å². The highest BCUT2D eigenvalue weighted by atomic mass is 32.1. The molecule has 1 aliphatic heterocycles. The van der Waals surface area contributed by atoms with Gasteiger partial charge in [0.1, 0.15) is 5.71 Å². The minimum Gasteiger partial charge on any atom is -0.359 e. The number of aliphatic imine (C=N–C) groups is 1. The van der Waals surface area contributed by atoms with Crippen LogP contribution in [0.1, 0.15) is 44.2 Å². The molecule has 0 saturated carbocycles. The number of amides is 1. The van der Waals surface area contributed by atoms with Crippen LogP contribution in [-0.2, 0) is 4.79 Å². The van der Waals surface area contributed by atoms with Gasteiger partial charge < -0.3 is 10.6 Å². The molecule has 0 aromatic heterocycles. The Labute approximate surface area is 143 Å². The molecule has 5 heteroatoms. The summed E-state index contributed by atoms with van der Waals surface area (Å²) in [4.78, 5) is 17.2. The lowest BCUT2D eigenvalue weighted by atomic mass is 10.00. The molecule has 124 valence electrons. The van der Waals surface area contributed by atoms with Gasteiger partial charge in [0.05, 0.1) is 0 Å². The van der Waals surface area contributed by atoms with Gasteiger partial charge in [-0.15, -0.1) is 12.6 Å². The first-order chi connectivity index (χ1) is 11.0. The summed E-state index contributed by atoms with van der Waals surface area (Å²) in [7, 11) is 0. The molecule has 1 atom stereocenters. The Morgan fingerprint density at radius 2 is 1.96 bits per heavy atom. The van der Waals surface area contributed by atoms with E-state index in [1.807, 2.05) is 39.0 Å². The quantitative estimate of drug-likeness (QED) is 0.715. The van der Waals surface area contributed by atoms with Gasteiger partial charge in [0, 0.05) is 17.0 Å². The number of aryl methyl sites for hydroxylation is 2. The number of nitrogens with zero attached hydrogens (tertiary/aromatic N) is 1. The molecule has 0 bridgehead atoms. The highest BCUT2D eigenvalue weighted by molar-refractivity contribution is 7.80. The number of carbonyl (C=O) groups is 1. The Hall–Kier alpha value is -1.75. The van der Waals surface area contributed by atoms with Crippen molar-refractivity contribution >= 4 is 29.9 Å². The summed E-state index contributed by atoms with van der Waals surface area (Å²) in [6.45, 7) is 8.16. The average Bonchev–Trinajstić information content (AvgIpc) is 2.50. The number of nitrogens with one attached hydrogen (secondary N) is 2. The van der Waals surface area contributed by atoms with Crippen LogP contribution in [0.5, 0.6) is 0 Å². The Balaban J connectivity index is 2.33. The van der Waals surface area contributed by atoms with Crippen molar-refractivity contribution in [2.75, 3.05) is 5.32 Å². The van der Waals surface area contributed by atoms with Crippen molar-refractivity contribution in [2.24, 2.45) is 4.99 Å². The number of allylic oxidation sites excluding steroid dienone is 1. The Morgan fingerprint density at radius 1 is 1.30 bits per heavy atom. The SMILES string of the molecule is CCCC1=C(CC)C(C(=O)Nc2c(C)cccc2C)=NC(S)N1. The van der Waals surface area contributed by atoms with E-state index in [4.69, 9.17) is 0 Å². The number of anilines is 1. The minimum atomic E-state index is -0.370. The number of para-hydroxylation sites is 1. The molecular weight excluding hydrogens is 306 g/mol. The van der Waals surface area contributed by atoms with E-state index in [9.17, 15) is 4.79 Å². The highest BCUT2D eigenvalue weighted by Crippen LogP contribution is 2.24. The fourth-order valence-corrected chi connectivity index (χ4v) is 3.12. The van der Waals surface area contributed by atoms with Crippen LogP contribution in [0.25, 0.3) is 0 Å². The predicted molar refractivity (Wildman–Crippen MR) is 100 cm³/mol. The number of hydrogen-bond donors (Lipinski definition) is 3. The van der Waals surface area contributed by atoms with Gasteiger partial charge in [0.15, 0.2) is 5.50 Å². The molecule has 0 radical (unpaired) electrons. The molecule has 0 saturated heterocycles. The summed E-state index contributed by atoms with van der Waals surface area (Å²) in [5, 5.41) is 6.30. The number of carbonyl (C=O) groups excluding carboxylic acids is 1. The second-order valence-electron chi connectivity index (χ2n) is 5.78. The smallest absolute Gasteiger partial charge is 0.274 e. The van der Waals surface area contributed by atoms with Gasteiger partial charge in [-0.25, -0.2) is 4.99 Å². The molecule has 4 nitrogen and oxygen atoms in total. The third-order valence-corrected chi connectivity index (χ3v) is 4.24. The van der Waals surface area contributed by atoms with Crippen molar-refractivity contribution in [3.63, 3.8) is 0 Å². The highest BCUT2D eigenvalue weighted by Gasteiger charge is 2.25. The molecule has 0 fully saturated rings.